The lowest BCUT2D eigenvalue weighted by atomic mass is 10.1. The lowest BCUT2D eigenvalue weighted by molar-refractivity contribution is 0.169. The van der Waals surface area contributed by atoms with E-state index in [0.717, 1.165) is 17.8 Å². The Labute approximate surface area is 82.2 Å². The van der Waals surface area contributed by atoms with Crippen molar-refractivity contribution in [1.29, 1.82) is 0 Å². The van der Waals surface area contributed by atoms with Crippen LogP contribution in [0.3, 0.4) is 0 Å². The smallest absolute Gasteiger partial charge is 0.155 e. The summed E-state index contributed by atoms with van der Waals surface area (Å²) >= 11 is 0. The topological polar surface area (TPSA) is 50.4 Å². The average Bonchev–Trinajstić information content (AvgIpc) is 2.64. The van der Waals surface area contributed by atoms with Crippen molar-refractivity contribution in [3.8, 4) is 0 Å². The van der Waals surface area contributed by atoms with E-state index >= 15 is 0 Å². The Morgan fingerprint density at radius 2 is 2.36 bits per heavy atom. The maximum atomic E-state index is 9.47. The third kappa shape index (κ3) is 1.75. The molecule has 2 aromatic rings. The van der Waals surface area contributed by atoms with Gasteiger partial charge in [-0.15, -0.1) is 0 Å². The predicted octanol–water partition coefficient (Wildman–Crippen LogP) is 1.04. The summed E-state index contributed by atoms with van der Waals surface area (Å²) in [7, 11) is 0. The molecular weight excluding hydrogens is 178 g/mol. The first kappa shape index (κ1) is 9.15. The summed E-state index contributed by atoms with van der Waals surface area (Å²) in [5.74, 6) is 0. The molecule has 0 amide bonds. The van der Waals surface area contributed by atoms with Crippen LogP contribution in [0.5, 0.6) is 0 Å². The molecule has 4 nitrogen and oxygen atoms in total. The third-order valence-electron chi connectivity index (χ3n) is 2.23. The second-order valence-electron chi connectivity index (χ2n) is 3.32. The number of aliphatic hydroxyl groups excluding tert-OH is 1. The van der Waals surface area contributed by atoms with Crippen LogP contribution in [0.4, 0.5) is 0 Å². The number of hydrogen-bond donors (Lipinski definition) is 1. The fourth-order valence-corrected chi connectivity index (χ4v) is 1.35. The van der Waals surface area contributed by atoms with E-state index in [9.17, 15) is 5.11 Å². The van der Waals surface area contributed by atoms with Gasteiger partial charge < -0.3 is 5.11 Å². The molecular formula is C10H13N3O. The number of nitrogens with zero attached hydrogens (tertiary/aromatic N) is 3. The minimum atomic E-state index is -0.298. The molecule has 1 N–H and O–H groups in total. The van der Waals surface area contributed by atoms with E-state index in [0.29, 0.717) is 6.42 Å². The second-order valence-corrected chi connectivity index (χ2v) is 3.32. The molecule has 0 aromatic carbocycles. The Hall–Kier alpha value is -1.42. The first-order chi connectivity index (χ1) is 6.79. The van der Waals surface area contributed by atoms with Crippen molar-refractivity contribution in [3.63, 3.8) is 0 Å². The highest BCUT2D eigenvalue weighted by atomic mass is 16.3. The summed E-state index contributed by atoms with van der Waals surface area (Å²) < 4.78 is 1.71. The highest BCUT2D eigenvalue weighted by molar-refractivity contribution is 5.36. The molecule has 14 heavy (non-hydrogen) atoms. The Morgan fingerprint density at radius 1 is 1.50 bits per heavy atom. The van der Waals surface area contributed by atoms with Gasteiger partial charge in [0.2, 0.25) is 0 Å². The molecule has 2 rings (SSSR count). The zero-order valence-corrected chi connectivity index (χ0v) is 8.09. The molecule has 2 aromatic heterocycles. The summed E-state index contributed by atoms with van der Waals surface area (Å²) in [6.07, 6.45) is 4.64. The number of fused-ring (bicyclic) bond motifs is 1. The van der Waals surface area contributed by atoms with E-state index in [2.05, 4.69) is 10.1 Å². The largest absolute Gasteiger partial charge is 0.393 e. The molecule has 0 radical (unpaired) electrons. The fraction of sp³-hybridized carbons (Fsp3) is 0.400. The van der Waals surface area contributed by atoms with Gasteiger partial charge >= 0.3 is 0 Å². The van der Waals surface area contributed by atoms with E-state index < -0.39 is 0 Å². The molecule has 1 unspecified atom stereocenters. The van der Waals surface area contributed by atoms with Crippen molar-refractivity contribution in [2.45, 2.75) is 25.9 Å². The van der Waals surface area contributed by atoms with Crippen LogP contribution < -0.4 is 0 Å². The minimum Gasteiger partial charge on any atom is -0.393 e. The van der Waals surface area contributed by atoms with Crippen molar-refractivity contribution in [2.75, 3.05) is 0 Å². The van der Waals surface area contributed by atoms with Gasteiger partial charge in [0.15, 0.2) is 5.65 Å². The van der Waals surface area contributed by atoms with Gasteiger partial charge in [0.1, 0.15) is 0 Å². The molecule has 0 aliphatic heterocycles. The second kappa shape index (κ2) is 3.75. The molecule has 0 saturated carbocycles. The molecule has 0 fully saturated rings. The highest BCUT2D eigenvalue weighted by Gasteiger charge is 2.04. The van der Waals surface area contributed by atoms with Crippen LogP contribution in [-0.2, 0) is 6.42 Å². The molecule has 0 aliphatic carbocycles. The monoisotopic (exact) mass is 191 g/mol. The molecule has 0 spiro atoms. The van der Waals surface area contributed by atoms with Gasteiger partial charge in [-0.05, 0) is 12.5 Å². The van der Waals surface area contributed by atoms with Gasteiger partial charge in [0.05, 0.1) is 12.3 Å². The number of aromatic nitrogens is 3. The van der Waals surface area contributed by atoms with Gasteiger partial charge in [-0.25, -0.2) is 9.50 Å². The van der Waals surface area contributed by atoms with Crippen LogP contribution in [0, 0.1) is 0 Å². The van der Waals surface area contributed by atoms with Crippen molar-refractivity contribution in [3.05, 3.63) is 30.2 Å². The molecule has 0 bridgehead atoms. The lowest BCUT2D eigenvalue weighted by Gasteiger charge is -2.06. The zero-order valence-electron chi connectivity index (χ0n) is 8.09. The Kier molecular flexibility index (Phi) is 2.45. The fourth-order valence-electron chi connectivity index (χ4n) is 1.35. The number of aliphatic hydroxyl groups is 1. The molecule has 0 saturated heterocycles. The predicted molar refractivity (Wildman–Crippen MR) is 53.0 cm³/mol. The summed E-state index contributed by atoms with van der Waals surface area (Å²) in [6, 6.07) is 3.74. The van der Waals surface area contributed by atoms with Crippen molar-refractivity contribution >= 4 is 5.65 Å². The summed E-state index contributed by atoms with van der Waals surface area (Å²) in [5.41, 5.74) is 1.73. The van der Waals surface area contributed by atoms with E-state index in [1.165, 1.54) is 0 Å². The van der Waals surface area contributed by atoms with Gasteiger partial charge in [-0.2, -0.15) is 5.10 Å². The normalized spacial score (nSPS) is 13.3. The Balaban J connectivity index is 2.25. The zero-order chi connectivity index (χ0) is 9.97. The molecule has 1 atom stereocenters. The van der Waals surface area contributed by atoms with E-state index in [-0.39, 0.29) is 6.10 Å². The highest BCUT2D eigenvalue weighted by Crippen LogP contribution is 2.05. The van der Waals surface area contributed by atoms with E-state index in [4.69, 9.17) is 0 Å². The molecule has 2 heterocycles. The van der Waals surface area contributed by atoms with Crippen LogP contribution in [0.1, 0.15) is 19.0 Å². The third-order valence-corrected chi connectivity index (χ3v) is 2.23. The van der Waals surface area contributed by atoms with Crippen molar-refractivity contribution in [2.24, 2.45) is 0 Å². The van der Waals surface area contributed by atoms with E-state index in [1.807, 2.05) is 25.3 Å². The van der Waals surface area contributed by atoms with Gasteiger partial charge in [-0.3, -0.25) is 0 Å². The Morgan fingerprint density at radius 3 is 3.14 bits per heavy atom. The SMILES string of the molecule is CCC(O)Cc1ccn2nccc2n1. The quantitative estimate of drug-likeness (QED) is 0.788. The van der Waals surface area contributed by atoms with Crippen molar-refractivity contribution < 1.29 is 5.11 Å². The maximum Gasteiger partial charge on any atom is 0.155 e. The van der Waals surface area contributed by atoms with Gasteiger partial charge in [0, 0.05) is 24.4 Å². The van der Waals surface area contributed by atoms with Crippen LogP contribution in [-0.4, -0.2) is 25.8 Å². The molecule has 4 heteroatoms. The number of hydrogen-bond acceptors (Lipinski definition) is 3. The standard InChI is InChI=1S/C10H13N3O/c1-2-9(14)7-8-4-6-13-10(12-8)3-5-11-13/h3-6,9,14H,2,7H2,1H3. The molecule has 0 aliphatic rings. The van der Waals surface area contributed by atoms with Crippen LogP contribution in [0.25, 0.3) is 5.65 Å². The Bertz CT molecular complexity index is 424. The maximum absolute atomic E-state index is 9.47. The first-order valence-corrected chi connectivity index (χ1v) is 4.77. The van der Waals surface area contributed by atoms with Gasteiger partial charge in [-0.1, -0.05) is 6.92 Å². The van der Waals surface area contributed by atoms with E-state index in [1.54, 1.807) is 10.7 Å². The summed E-state index contributed by atoms with van der Waals surface area (Å²) in [5, 5.41) is 13.5. The van der Waals surface area contributed by atoms with Crippen LogP contribution in [0.2, 0.25) is 0 Å². The summed E-state index contributed by atoms with van der Waals surface area (Å²) in [4.78, 5) is 4.36. The van der Waals surface area contributed by atoms with Crippen molar-refractivity contribution in [1.82, 2.24) is 14.6 Å². The number of rotatable bonds is 3. The van der Waals surface area contributed by atoms with Crippen LogP contribution in [0.15, 0.2) is 24.5 Å². The molecule has 74 valence electrons. The van der Waals surface area contributed by atoms with Crippen LogP contribution >= 0.6 is 0 Å². The lowest BCUT2D eigenvalue weighted by Crippen LogP contribution is -2.10. The average molecular weight is 191 g/mol. The van der Waals surface area contributed by atoms with Gasteiger partial charge in [0.25, 0.3) is 0 Å². The first-order valence-electron chi connectivity index (χ1n) is 4.77. The summed E-state index contributed by atoms with van der Waals surface area (Å²) in [6.45, 7) is 1.96. The minimum absolute atomic E-state index is 0.298.